The van der Waals surface area contributed by atoms with Gasteiger partial charge in [-0.1, -0.05) is 42.3 Å². The van der Waals surface area contributed by atoms with Gasteiger partial charge in [-0.3, -0.25) is 0 Å². The second-order valence-corrected chi connectivity index (χ2v) is 5.98. The zero-order valence-corrected chi connectivity index (χ0v) is 12.8. The number of aliphatic hydroxyl groups is 1. The summed E-state index contributed by atoms with van der Waals surface area (Å²) in [7, 11) is 1.61. The molecule has 1 aliphatic carbocycles. The number of hydrogen-bond donors (Lipinski definition) is 1. The Balaban J connectivity index is 2.02. The average molecular weight is 303 g/mol. The van der Waals surface area contributed by atoms with Crippen LogP contribution in [0.25, 0.3) is 0 Å². The summed E-state index contributed by atoms with van der Waals surface area (Å²) in [5.74, 6) is 1.23. The fraction of sp³-hybridized carbons (Fsp3) is 0.333. The SMILES string of the molecule is COc1ccc(Cl)cc1C(O)c1ccccc1C1CCC1. The normalized spacial score (nSPS) is 16.3. The Morgan fingerprint density at radius 2 is 1.90 bits per heavy atom. The van der Waals surface area contributed by atoms with Crippen molar-refractivity contribution in [1.82, 2.24) is 0 Å². The highest BCUT2D eigenvalue weighted by molar-refractivity contribution is 6.30. The molecule has 0 heterocycles. The van der Waals surface area contributed by atoms with Gasteiger partial charge in [-0.2, -0.15) is 0 Å². The highest BCUT2D eigenvalue weighted by Crippen LogP contribution is 2.42. The van der Waals surface area contributed by atoms with E-state index in [9.17, 15) is 5.11 Å². The molecule has 2 aromatic rings. The molecule has 0 radical (unpaired) electrons. The largest absolute Gasteiger partial charge is 0.496 e. The van der Waals surface area contributed by atoms with Gasteiger partial charge in [0.05, 0.1) is 7.11 Å². The monoisotopic (exact) mass is 302 g/mol. The van der Waals surface area contributed by atoms with Crippen LogP contribution < -0.4 is 4.74 Å². The Bertz CT molecular complexity index is 635. The Hall–Kier alpha value is -1.51. The van der Waals surface area contributed by atoms with E-state index >= 15 is 0 Å². The first-order chi connectivity index (χ1) is 10.2. The van der Waals surface area contributed by atoms with Gasteiger partial charge in [0.25, 0.3) is 0 Å². The van der Waals surface area contributed by atoms with Gasteiger partial charge in [0.15, 0.2) is 0 Å². The summed E-state index contributed by atoms with van der Waals surface area (Å²) < 4.78 is 5.36. The van der Waals surface area contributed by atoms with E-state index in [4.69, 9.17) is 16.3 Å². The molecule has 2 aromatic carbocycles. The molecule has 2 nitrogen and oxygen atoms in total. The van der Waals surface area contributed by atoms with Crippen molar-refractivity contribution in [1.29, 1.82) is 0 Å². The van der Waals surface area contributed by atoms with Crippen molar-refractivity contribution in [3.05, 3.63) is 64.2 Å². The van der Waals surface area contributed by atoms with E-state index in [0.717, 1.165) is 11.1 Å². The van der Waals surface area contributed by atoms with Crippen molar-refractivity contribution >= 4 is 11.6 Å². The molecule has 1 saturated carbocycles. The van der Waals surface area contributed by atoms with Crippen LogP contribution in [0.2, 0.25) is 5.02 Å². The molecule has 1 N–H and O–H groups in total. The van der Waals surface area contributed by atoms with Crippen LogP contribution in [0.1, 0.15) is 48.0 Å². The Kier molecular flexibility index (Phi) is 4.18. The molecule has 1 fully saturated rings. The maximum atomic E-state index is 10.8. The summed E-state index contributed by atoms with van der Waals surface area (Å²) in [5, 5.41) is 11.4. The second kappa shape index (κ2) is 6.08. The van der Waals surface area contributed by atoms with Crippen LogP contribution in [0.15, 0.2) is 42.5 Å². The first-order valence-electron chi connectivity index (χ1n) is 7.31. The van der Waals surface area contributed by atoms with E-state index < -0.39 is 6.10 Å². The van der Waals surface area contributed by atoms with Gasteiger partial charge in [0.2, 0.25) is 0 Å². The zero-order valence-electron chi connectivity index (χ0n) is 12.1. The van der Waals surface area contributed by atoms with Gasteiger partial charge < -0.3 is 9.84 Å². The molecule has 3 heteroatoms. The lowest BCUT2D eigenvalue weighted by Crippen LogP contribution is -2.14. The van der Waals surface area contributed by atoms with Crippen LogP contribution in [0.4, 0.5) is 0 Å². The molecule has 1 aliphatic rings. The summed E-state index contributed by atoms with van der Waals surface area (Å²) in [6, 6.07) is 13.5. The molecule has 0 saturated heterocycles. The van der Waals surface area contributed by atoms with E-state index in [1.165, 1.54) is 24.8 Å². The first kappa shape index (κ1) is 14.4. The van der Waals surface area contributed by atoms with Crippen molar-refractivity contribution in [3.63, 3.8) is 0 Å². The predicted molar refractivity (Wildman–Crippen MR) is 85.1 cm³/mol. The molecule has 0 aromatic heterocycles. The second-order valence-electron chi connectivity index (χ2n) is 5.55. The molecule has 0 amide bonds. The van der Waals surface area contributed by atoms with Crippen LogP contribution in [-0.2, 0) is 0 Å². The lowest BCUT2D eigenvalue weighted by Gasteiger charge is -2.29. The molecule has 110 valence electrons. The van der Waals surface area contributed by atoms with Crippen molar-refractivity contribution < 1.29 is 9.84 Å². The van der Waals surface area contributed by atoms with Crippen molar-refractivity contribution in [3.8, 4) is 5.75 Å². The fourth-order valence-electron chi connectivity index (χ4n) is 2.94. The third-order valence-corrected chi connectivity index (χ3v) is 4.56. The number of rotatable bonds is 4. The topological polar surface area (TPSA) is 29.5 Å². The lowest BCUT2D eigenvalue weighted by atomic mass is 9.77. The first-order valence-corrected chi connectivity index (χ1v) is 7.69. The highest BCUT2D eigenvalue weighted by atomic mass is 35.5. The molecule has 3 rings (SSSR count). The van der Waals surface area contributed by atoms with Gasteiger partial charge in [0.1, 0.15) is 11.9 Å². The summed E-state index contributed by atoms with van der Waals surface area (Å²) in [6.45, 7) is 0. The Labute approximate surface area is 130 Å². The van der Waals surface area contributed by atoms with E-state index in [1.807, 2.05) is 18.2 Å². The summed E-state index contributed by atoms with van der Waals surface area (Å²) >= 11 is 6.08. The zero-order chi connectivity index (χ0) is 14.8. The molecule has 0 spiro atoms. The minimum absolute atomic E-state index is 0.570. The molecular weight excluding hydrogens is 284 g/mol. The molecule has 21 heavy (non-hydrogen) atoms. The smallest absolute Gasteiger partial charge is 0.125 e. The lowest BCUT2D eigenvalue weighted by molar-refractivity contribution is 0.211. The number of methoxy groups -OCH3 is 1. The minimum atomic E-state index is -0.713. The number of aliphatic hydroxyl groups excluding tert-OH is 1. The number of benzene rings is 2. The van der Waals surface area contributed by atoms with Crippen molar-refractivity contribution in [2.75, 3.05) is 7.11 Å². The van der Waals surface area contributed by atoms with E-state index in [0.29, 0.717) is 16.7 Å². The summed E-state index contributed by atoms with van der Waals surface area (Å²) in [4.78, 5) is 0. The fourth-order valence-corrected chi connectivity index (χ4v) is 3.12. The number of ether oxygens (including phenoxy) is 1. The maximum absolute atomic E-state index is 10.8. The standard InChI is InChI=1S/C18H19ClO2/c1-21-17-10-9-13(19)11-16(17)18(20)15-8-3-2-7-14(15)12-5-4-6-12/h2-3,7-12,18,20H,4-6H2,1H3. The summed E-state index contributed by atoms with van der Waals surface area (Å²) in [5.41, 5.74) is 2.93. The molecule has 0 aliphatic heterocycles. The summed E-state index contributed by atoms with van der Waals surface area (Å²) in [6.07, 6.45) is 2.97. The van der Waals surface area contributed by atoms with Crippen molar-refractivity contribution in [2.45, 2.75) is 31.3 Å². The van der Waals surface area contributed by atoms with Crippen LogP contribution in [0, 0.1) is 0 Å². The highest BCUT2D eigenvalue weighted by Gasteiger charge is 2.26. The van der Waals surface area contributed by atoms with Crippen LogP contribution in [0.3, 0.4) is 0 Å². The van der Waals surface area contributed by atoms with Gasteiger partial charge in [-0.05, 0) is 48.1 Å². The van der Waals surface area contributed by atoms with Gasteiger partial charge >= 0.3 is 0 Å². The van der Waals surface area contributed by atoms with Crippen molar-refractivity contribution in [2.24, 2.45) is 0 Å². The quantitative estimate of drug-likeness (QED) is 0.887. The Morgan fingerprint density at radius 3 is 2.57 bits per heavy atom. The van der Waals surface area contributed by atoms with Gasteiger partial charge in [-0.25, -0.2) is 0 Å². The van der Waals surface area contributed by atoms with E-state index in [2.05, 4.69) is 6.07 Å². The molecular formula is C18H19ClO2. The van der Waals surface area contributed by atoms with Crippen LogP contribution in [0.5, 0.6) is 5.75 Å². The van der Waals surface area contributed by atoms with Crippen LogP contribution >= 0.6 is 11.6 Å². The third kappa shape index (κ3) is 2.78. The van der Waals surface area contributed by atoms with E-state index in [1.54, 1.807) is 25.3 Å². The number of hydrogen-bond acceptors (Lipinski definition) is 2. The van der Waals surface area contributed by atoms with E-state index in [-0.39, 0.29) is 0 Å². The number of halogens is 1. The molecule has 0 bridgehead atoms. The van der Waals surface area contributed by atoms with Crippen LogP contribution in [-0.4, -0.2) is 12.2 Å². The van der Waals surface area contributed by atoms with Gasteiger partial charge in [0, 0.05) is 10.6 Å². The molecule has 1 unspecified atom stereocenters. The predicted octanol–water partition coefficient (Wildman–Crippen LogP) is 4.70. The maximum Gasteiger partial charge on any atom is 0.125 e. The Morgan fingerprint density at radius 1 is 1.14 bits per heavy atom. The average Bonchev–Trinajstić information content (AvgIpc) is 2.45. The minimum Gasteiger partial charge on any atom is -0.496 e. The third-order valence-electron chi connectivity index (χ3n) is 4.32. The molecule has 1 atom stereocenters. The van der Waals surface area contributed by atoms with Gasteiger partial charge in [-0.15, -0.1) is 0 Å².